The number of benzene rings is 2. The second kappa shape index (κ2) is 14.5. The molecule has 0 spiro atoms. The van der Waals surface area contributed by atoms with Crippen LogP contribution < -0.4 is 5.32 Å². The molecule has 0 aliphatic carbocycles. The van der Waals surface area contributed by atoms with E-state index in [1.54, 1.807) is 0 Å². The molecule has 0 radical (unpaired) electrons. The third kappa shape index (κ3) is 8.42. The van der Waals surface area contributed by atoms with E-state index < -0.39 is 0 Å². The first-order valence-corrected chi connectivity index (χ1v) is 10.6. The Balaban J connectivity index is 0.000000364. The van der Waals surface area contributed by atoms with E-state index in [0.29, 0.717) is 0 Å². The molecule has 1 aliphatic heterocycles. The summed E-state index contributed by atoms with van der Waals surface area (Å²) in [5, 5.41) is 7.28. The highest BCUT2D eigenvalue weighted by atomic mass is 16.1. The van der Waals surface area contributed by atoms with Crippen LogP contribution in [0.1, 0.15) is 44.9 Å². The lowest BCUT2D eigenvalue weighted by atomic mass is 10.1. The molecule has 0 bridgehead atoms. The van der Waals surface area contributed by atoms with Crippen molar-refractivity contribution in [2.45, 2.75) is 40.5 Å². The summed E-state index contributed by atoms with van der Waals surface area (Å²) in [6, 6.07) is 20.6. The maximum atomic E-state index is 10.1. The number of nitrogens with zero attached hydrogens (tertiary/aromatic N) is 2. The Bertz CT molecular complexity index is 938. The molecule has 0 saturated carbocycles. The van der Waals surface area contributed by atoms with Crippen molar-refractivity contribution in [2.75, 3.05) is 6.54 Å². The van der Waals surface area contributed by atoms with E-state index in [0.717, 1.165) is 53.9 Å². The second-order valence-corrected chi connectivity index (χ2v) is 6.44. The Morgan fingerprint density at radius 2 is 1.74 bits per heavy atom. The molecule has 1 aliphatic rings. The molecule has 0 atom stereocenters. The van der Waals surface area contributed by atoms with Gasteiger partial charge >= 0.3 is 0 Å². The predicted molar refractivity (Wildman–Crippen MR) is 129 cm³/mol. The van der Waals surface area contributed by atoms with Gasteiger partial charge in [-0.25, -0.2) is 4.68 Å². The van der Waals surface area contributed by atoms with Gasteiger partial charge in [0.15, 0.2) is 0 Å². The average Bonchev–Trinajstić information content (AvgIpc) is 3.45. The van der Waals surface area contributed by atoms with Gasteiger partial charge in [0.1, 0.15) is 6.29 Å². The van der Waals surface area contributed by atoms with Gasteiger partial charge in [-0.05, 0) is 50.1 Å². The lowest BCUT2D eigenvalue weighted by Crippen LogP contribution is -2.12. The molecule has 5 heteroatoms. The quantitative estimate of drug-likeness (QED) is 0.561. The van der Waals surface area contributed by atoms with Gasteiger partial charge in [-0.15, -0.1) is 0 Å². The zero-order valence-electron chi connectivity index (χ0n) is 19.0. The summed E-state index contributed by atoms with van der Waals surface area (Å²) in [5.41, 5.74) is 5.43. The van der Waals surface area contributed by atoms with Crippen molar-refractivity contribution in [3.8, 4) is 16.9 Å². The summed E-state index contributed by atoms with van der Waals surface area (Å²) in [5.74, 6) is 0.204. The summed E-state index contributed by atoms with van der Waals surface area (Å²) in [6.45, 7) is 12.2. The minimum absolute atomic E-state index is 0.204. The van der Waals surface area contributed by atoms with Crippen molar-refractivity contribution in [2.24, 2.45) is 0 Å². The number of amides is 1. The molecule has 0 unspecified atom stereocenters. The van der Waals surface area contributed by atoms with Crippen molar-refractivity contribution in [1.82, 2.24) is 15.1 Å². The van der Waals surface area contributed by atoms with Gasteiger partial charge in [0, 0.05) is 18.5 Å². The van der Waals surface area contributed by atoms with Crippen LogP contribution in [0.5, 0.6) is 0 Å². The molecule has 2 aromatic carbocycles. The molecule has 1 aromatic heterocycles. The minimum atomic E-state index is 0.204. The van der Waals surface area contributed by atoms with Gasteiger partial charge in [0.25, 0.3) is 0 Å². The lowest BCUT2D eigenvalue weighted by Gasteiger charge is -2.08. The van der Waals surface area contributed by atoms with Crippen molar-refractivity contribution in [1.29, 1.82) is 0 Å². The zero-order chi connectivity index (χ0) is 23.1. The van der Waals surface area contributed by atoms with Crippen LogP contribution in [0.25, 0.3) is 23.0 Å². The van der Waals surface area contributed by atoms with E-state index in [1.807, 2.05) is 61.9 Å². The van der Waals surface area contributed by atoms with Crippen LogP contribution in [0.4, 0.5) is 0 Å². The number of para-hydroxylation sites is 1. The fourth-order valence-electron chi connectivity index (χ4n) is 2.86. The Morgan fingerprint density at radius 3 is 2.26 bits per heavy atom. The molecular weight excluding hydrogens is 386 g/mol. The maximum absolute atomic E-state index is 10.1. The smallest absolute Gasteiger partial charge is 0.220 e. The summed E-state index contributed by atoms with van der Waals surface area (Å²) in [4.78, 5) is 18.9. The molecule has 2 heterocycles. The normalized spacial score (nSPS) is 11.4. The Kier molecular flexibility index (Phi) is 12.0. The van der Waals surface area contributed by atoms with E-state index in [-0.39, 0.29) is 5.91 Å². The SMILES string of the molecule is C=Cc1cccc(-c2cc(C)nn2-c2ccccc2)c1.CC.CC=O.O=C1CCCN1. The van der Waals surface area contributed by atoms with Gasteiger partial charge in [-0.1, -0.05) is 62.9 Å². The Hall–Kier alpha value is -3.47. The highest BCUT2D eigenvalue weighted by molar-refractivity contribution is 5.77. The van der Waals surface area contributed by atoms with Crippen LogP contribution >= 0.6 is 0 Å². The van der Waals surface area contributed by atoms with Crippen LogP contribution in [-0.4, -0.2) is 28.5 Å². The number of aromatic nitrogens is 2. The van der Waals surface area contributed by atoms with Gasteiger partial charge in [-0.3, -0.25) is 4.79 Å². The van der Waals surface area contributed by atoms with Crippen molar-refractivity contribution in [3.05, 3.63) is 78.5 Å². The van der Waals surface area contributed by atoms with Gasteiger partial charge in [0.2, 0.25) is 5.91 Å². The number of carbonyl (C=O) groups excluding carboxylic acids is 2. The number of nitrogens with one attached hydrogen (secondary N) is 1. The second-order valence-electron chi connectivity index (χ2n) is 6.44. The summed E-state index contributed by atoms with van der Waals surface area (Å²) in [6.07, 6.45) is 4.37. The van der Waals surface area contributed by atoms with E-state index in [9.17, 15) is 4.79 Å². The molecule has 1 saturated heterocycles. The number of carbonyl (C=O) groups is 2. The highest BCUT2D eigenvalue weighted by Gasteiger charge is 2.09. The van der Waals surface area contributed by atoms with Crippen molar-refractivity contribution < 1.29 is 9.59 Å². The van der Waals surface area contributed by atoms with Gasteiger partial charge < -0.3 is 10.1 Å². The number of aldehydes is 1. The molecule has 1 N–H and O–H groups in total. The largest absolute Gasteiger partial charge is 0.356 e. The van der Waals surface area contributed by atoms with Crippen LogP contribution in [0.15, 0.2) is 67.2 Å². The minimum Gasteiger partial charge on any atom is -0.356 e. The van der Waals surface area contributed by atoms with Crippen LogP contribution in [0.3, 0.4) is 0 Å². The fourth-order valence-corrected chi connectivity index (χ4v) is 2.86. The molecule has 31 heavy (non-hydrogen) atoms. The third-order valence-electron chi connectivity index (χ3n) is 4.15. The van der Waals surface area contributed by atoms with E-state index in [1.165, 1.54) is 6.92 Å². The topological polar surface area (TPSA) is 64.0 Å². The van der Waals surface area contributed by atoms with Crippen LogP contribution in [0.2, 0.25) is 0 Å². The van der Waals surface area contributed by atoms with Crippen molar-refractivity contribution >= 4 is 18.3 Å². The van der Waals surface area contributed by atoms with E-state index in [4.69, 9.17) is 4.79 Å². The van der Waals surface area contributed by atoms with E-state index >= 15 is 0 Å². The van der Waals surface area contributed by atoms with Gasteiger partial charge in [-0.2, -0.15) is 5.10 Å². The highest BCUT2D eigenvalue weighted by Crippen LogP contribution is 2.25. The summed E-state index contributed by atoms with van der Waals surface area (Å²) >= 11 is 0. The predicted octanol–water partition coefficient (Wildman–Crippen LogP) is 5.62. The molecule has 1 fully saturated rings. The molecule has 1 amide bonds. The van der Waals surface area contributed by atoms with E-state index in [2.05, 4.69) is 47.3 Å². The number of hydrogen-bond acceptors (Lipinski definition) is 3. The first-order valence-electron chi connectivity index (χ1n) is 10.6. The molecular formula is C26H33N3O2. The Morgan fingerprint density at radius 1 is 1.06 bits per heavy atom. The zero-order valence-corrected chi connectivity index (χ0v) is 19.0. The first kappa shape index (κ1) is 25.6. The number of aryl methyl sites for hydroxylation is 1. The Labute approximate surface area is 185 Å². The van der Waals surface area contributed by atoms with Crippen molar-refractivity contribution in [3.63, 3.8) is 0 Å². The first-order chi connectivity index (χ1) is 15.1. The third-order valence-corrected chi connectivity index (χ3v) is 4.15. The summed E-state index contributed by atoms with van der Waals surface area (Å²) < 4.78 is 1.98. The lowest BCUT2D eigenvalue weighted by molar-refractivity contribution is -0.119. The standard InChI is InChI=1S/C18H16N2.C4H7NO.C2H4O.C2H6/c1-3-15-8-7-9-16(13-15)18-12-14(2)19-20(18)17-10-5-4-6-11-17;6-4-2-1-3-5-4;1-2-3;1-2/h3-13H,1H2,2H3;1-3H2,(H,5,6);2H,1H3;1-2H3. The number of hydrogen-bond donors (Lipinski definition) is 1. The fraction of sp³-hybridized carbons (Fsp3) is 0.269. The molecule has 164 valence electrons. The molecule has 3 aromatic rings. The maximum Gasteiger partial charge on any atom is 0.220 e. The average molecular weight is 420 g/mol. The molecule has 4 rings (SSSR count). The van der Waals surface area contributed by atoms with Crippen LogP contribution in [-0.2, 0) is 9.59 Å². The summed E-state index contributed by atoms with van der Waals surface area (Å²) in [7, 11) is 0. The van der Waals surface area contributed by atoms with Gasteiger partial charge in [0.05, 0.1) is 17.1 Å². The monoisotopic (exact) mass is 419 g/mol. The number of rotatable bonds is 3. The molecule has 5 nitrogen and oxygen atoms in total. The van der Waals surface area contributed by atoms with Crippen LogP contribution in [0, 0.1) is 6.92 Å².